The molecule has 0 radical (unpaired) electrons. The highest BCUT2D eigenvalue weighted by molar-refractivity contribution is 5.99. The normalized spacial score (nSPS) is 11.3. The Morgan fingerprint density at radius 3 is 2.09 bits per heavy atom. The number of carboxylic acids is 2. The summed E-state index contributed by atoms with van der Waals surface area (Å²) in [4.78, 5) is 37.9. The molecule has 5 aromatic rings. The lowest BCUT2D eigenvalue weighted by Gasteiger charge is -2.19. The molecule has 1 unspecified atom stereocenters. The summed E-state index contributed by atoms with van der Waals surface area (Å²) in [5.41, 5.74) is 6.36. The summed E-state index contributed by atoms with van der Waals surface area (Å²) in [5.74, 6) is -9.37. The molecule has 0 aliphatic carbocycles. The second-order valence-electron chi connectivity index (χ2n) is 12.1. The van der Waals surface area contributed by atoms with Gasteiger partial charge in [0, 0.05) is 23.7 Å². The van der Waals surface area contributed by atoms with E-state index < -0.39 is 64.7 Å². The van der Waals surface area contributed by atoms with Gasteiger partial charge in [0.2, 0.25) is 11.6 Å². The minimum absolute atomic E-state index is 0.0196. The van der Waals surface area contributed by atoms with Crippen LogP contribution in [-0.2, 0) is 17.8 Å². The number of aliphatic carboxylic acids is 1. The van der Waals surface area contributed by atoms with Gasteiger partial charge in [-0.1, -0.05) is 54.6 Å². The maximum absolute atomic E-state index is 16.0. The van der Waals surface area contributed by atoms with Crippen LogP contribution in [0.3, 0.4) is 0 Å². The fourth-order valence-electron chi connectivity index (χ4n) is 4.93. The van der Waals surface area contributed by atoms with Crippen LogP contribution in [0, 0.1) is 17.0 Å². The summed E-state index contributed by atoms with van der Waals surface area (Å²) in [5, 5.41) is 39.9. The minimum atomic E-state index is -5.08. The van der Waals surface area contributed by atoms with Crippen molar-refractivity contribution in [2.24, 2.45) is 5.73 Å². The molecular weight excluding hydrogens is 761 g/mol. The number of benzene rings is 4. The standard InChI is InChI=1S/C37H33F2N5O6.C2HF3O2/c1-21(13-14-22-7-3-2-4-8-22)43-32-30(38)35(49-27-12-6-10-24(18-27)33(40)41)44-36(31(32)39)50-29-16-15-25(19-28(29)37(47)48)34(46)42-20-23-9-5-11-26(45)17-23;3-2(4,5)1(6)7/h2-12,15-19,21,45H,13-14,20H2,1H3,(H3,40,41)(H,42,46)(H,43,44)(H,47,48);(H,6,7). The van der Waals surface area contributed by atoms with Crippen molar-refractivity contribution < 1.29 is 61.1 Å². The van der Waals surface area contributed by atoms with Gasteiger partial charge in [-0.05, 0) is 73.4 Å². The van der Waals surface area contributed by atoms with Gasteiger partial charge in [-0.2, -0.15) is 26.9 Å². The number of amides is 1. The lowest BCUT2D eigenvalue weighted by Crippen LogP contribution is -2.23. The van der Waals surface area contributed by atoms with Gasteiger partial charge in [-0.25, -0.2) is 9.59 Å². The zero-order chi connectivity index (χ0) is 41.9. The number of nitrogens with two attached hydrogens (primary N) is 1. The van der Waals surface area contributed by atoms with E-state index in [2.05, 4.69) is 15.6 Å². The van der Waals surface area contributed by atoms with E-state index >= 15 is 8.78 Å². The van der Waals surface area contributed by atoms with E-state index in [0.717, 1.165) is 17.7 Å². The first-order valence-electron chi connectivity index (χ1n) is 16.7. The molecule has 1 aromatic heterocycles. The van der Waals surface area contributed by atoms with Crippen molar-refractivity contribution in [2.75, 3.05) is 5.32 Å². The molecule has 18 heteroatoms. The largest absolute Gasteiger partial charge is 0.508 e. The summed E-state index contributed by atoms with van der Waals surface area (Å²) in [6, 6.07) is 24.7. The monoisotopic (exact) mass is 795 g/mol. The highest BCUT2D eigenvalue weighted by Crippen LogP contribution is 2.38. The molecule has 0 spiro atoms. The minimum Gasteiger partial charge on any atom is -0.508 e. The Balaban J connectivity index is 0.000000940. The molecule has 1 heterocycles. The van der Waals surface area contributed by atoms with E-state index in [1.165, 1.54) is 36.4 Å². The molecule has 13 nitrogen and oxygen atoms in total. The third-order valence-corrected chi connectivity index (χ3v) is 7.76. The van der Waals surface area contributed by atoms with Crippen LogP contribution in [-0.4, -0.2) is 56.2 Å². The molecule has 5 rings (SSSR count). The summed E-state index contributed by atoms with van der Waals surface area (Å²) in [6.45, 7) is 1.79. The number of amidine groups is 1. The van der Waals surface area contributed by atoms with Crippen molar-refractivity contribution in [3.05, 3.63) is 137 Å². The number of hydrogen-bond acceptors (Lipinski definition) is 9. The van der Waals surface area contributed by atoms with Gasteiger partial charge >= 0.3 is 18.1 Å². The number of alkyl halides is 3. The number of carbonyl (C=O) groups is 3. The molecule has 298 valence electrons. The Morgan fingerprint density at radius 2 is 1.47 bits per heavy atom. The van der Waals surface area contributed by atoms with E-state index in [1.807, 2.05) is 30.3 Å². The quantitative estimate of drug-likeness (QED) is 0.0329. The van der Waals surface area contributed by atoms with Crippen LogP contribution in [0.4, 0.5) is 27.6 Å². The Hall–Kier alpha value is -7.24. The number of aromatic carboxylic acids is 1. The van der Waals surface area contributed by atoms with Crippen LogP contribution < -0.4 is 25.8 Å². The van der Waals surface area contributed by atoms with Gasteiger partial charge in [0.15, 0.2) is 0 Å². The third-order valence-electron chi connectivity index (χ3n) is 7.76. The SMILES string of the molecule is CC(CCc1ccccc1)Nc1c(F)c(Oc2cccc(C(=N)N)c2)nc(Oc2ccc(C(=O)NCc3cccc(O)c3)cc2C(=O)O)c1F.O=C(O)C(F)(F)F. The third kappa shape index (κ3) is 12.1. The molecule has 0 aliphatic heterocycles. The fraction of sp³-hybridized carbons (Fsp3) is 0.154. The second kappa shape index (κ2) is 18.9. The number of hydrogen-bond donors (Lipinski definition) is 7. The number of aryl methyl sites for hydroxylation is 1. The van der Waals surface area contributed by atoms with Gasteiger partial charge in [-0.3, -0.25) is 10.2 Å². The van der Waals surface area contributed by atoms with Gasteiger partial charge in [0.25, 0.3) is 17.7 Å². The number of rotatable bonds is 14. The van der Waals surface area contributed by atoms with E-state index in [9.17, 15) is 33.0 Å². The van der Waals surface area contributed by atoms with Crippen molar-refractivity contribution in [2.45, 2.75) is 38.5 Å². The summed E-state index contributed by atoms with van der Waals surface area (Å²) in [6.07, 6.45) is -3.97. The van der Waals surface area contributed by atoms with Crippen molar-refractivity contribution in [3.8, 4) is 29.0 Å². The molecule has 0 saturated heterocycles. The fourth-order valence-corrected chi connectivity index (χ4v) is 4.93. The topological polar surface area (TPSA) is 217 Å². The predicted molar refractivity (Wildman–Crippen MR) is 196 cm³/mol. The maximum atomic E-state index is 16.0. The smallest absolute Gasteiger partial charge is 0.490 e. The lowest BCUT2D eigenvalue weighted by atomic mass is 10.1. The summed E-state index contributed by atoms with van der Waals surface area (Å²) in [7, 11) is 0. The first-order valence-corrected chi connectivity index (χ1v) is 16.7. The number of phenols is 1. The molecule has 1 amide bonds. The number of nitrogens with zero attached hydrogens (tertiary/aromatic N) is 1. The van der Waals surface area contributed by atoms with Gasteiger partial charge in [-0.15, -0.1) is 0 Å². The molecule has 1 atom stereocenters. The lowest BCUT2D eigenvalue weighted by molar-refractivity contribution is -0.192. The van der Waals surface area contributed by atoms with Crippen molar-refractivity contribution in [3.63, 3.8) is 0 Å². The maximum Gasteiger partial charge on any atom is 0.490 e. The van der Waals surface area contributed by atoms with Crippen LogP contribution in [0.5, 0.6) is 29.0 Å². The Kier molecular flexibility index (Phi) is 14.1. The molecule has 0 saturated carbocycles. The van der Waals surface area contributed by atoms with E-state index in [4.69, 9.17) is 30.5 Å². The van der Waals surface area contributed by atoms with E-state index in [0.29, 0.717) is 18.4 Å². The number of carboxylic acid groups (broad SMARTS) is 2. The van der Waals surface area contributed by atoms with Crippen LogP contribution >= 0.6 is 0 Å². The number of nitrogen functional groups attached to an aromatic ring is 1. The number of aromatic hydroxyl groups is 1. The van der Waals surface area contributed by atoms with Gasteiger partial charge in [0.1, 0.15) is 34.3 Å². The highest BCUT2D eigenvalue weighted by Gasteiger charge is 2.38. The summed E-state index contributed by atoms with van der Waals surface area (Å²) < 4.78 is 75.0. The molecule has 57 heavy (non-hydrogen) atoms. The molecule has 0 bridgehead atoms. The Morgan fingerprint density at radius 1 is 0.842 bits per heavy atom. The average Bonchev–Trinajstić information content (AvgIpc) is 3.17. The first-order chi connectivity index (χ1) is 26.9. The molecular formula is C39H34F5N5O8. The van der Waals surface area contributed by atoms with E-state index in [1.54, 1.807) is 25.1 Å². The van der Waals surface area contributed by atoms with Crippen LogP contribution in [0.2, 0.25) is 0 Å². The number of carbonyl (C=O) groups excluding carboxylic acids is 1. The number of phenolic OH excluding ortho intramolecular Hbond substituents is 1. The second-order valence-corrected chi connectivity index (χ2v) is 12.1. The van der Waals surface area contributed by atoms with Crippen molar-refractivity contribution in [1.82, 2.24) is 10.3 Å². The van der Waals surface area contributed by atoms with Crippen LogP contribution in [0.15, 0.2) is 97.1 Å². The molecule has 8 N–H and O–H groups in total. The zero-order valence-corrected chi connectivity index (χ0v) is 29.7. The van der Waals surface area contributed by atoms with Crippen LogP contribution in [0.25, 0.3) is 0 Å². The zero-order valence-electron chi connectivity index (χ0n) is 29.7. The number of ether oxygens (including phenoxy) is 2. The van der Waals surface area contributed by atoms with Crippen molar-refractivity contribution >= 4 is 29.4 Å². The van der Waals surface area contributed by atoms with Crippen LogP contribution in [0.1, 0.15) is 50.8 Å². The number of pyridine rings is 1. The van der Waals surface area contributed by atoms with E-state index in [-0.39, 0.29) is 40.8 Å². The summed E-state index contributed by atoms with van der Waals surface area (Å²) >= 11 is 0. The Bertz CT molecular complexity index is 2260. The van der Waals surface area contributed by atoms with Crippen molar-refractivity contribution in [1.29, 1.82) is 5.41 Å². The molecule has 0 aliphatic rings. The number of anilines is 1. The van der Waals surface area contributed by atoms with Gasteiger partial charge < -0.3 is 41.2 Å². The first kappa shape index (κ1) is 42.5. The number of aromatic nitrogens is 1. The molecule has 4 aromatic carbocycles. The Labute approximate surface area is 321 Å². The predicted octanol–water partition coefficient (Wildman–Crippen LogP) is 7.63. The number of halogens is 5. The average molecular weight is 796 g/mol. The number of nitrogens with one attached hydrogen (secondary N) is 3. The molecule has 0 fully saturated rings. The highest BCUT2D eigenvalue weighted by atomic mass is 19.4. The van der Waals surface area contributed by atoms with Gasteiger partial charge in [0.05, 0.1) is 0 Å².